The van der Waals surface area contributed by atoms with Gasteiger partial charge in [0.25, 0.3) is 0 Å². The molecule has 9 nitrogen and oxygen atoms in total. The van der Waals surface area contributed by atoms with E-state index in [2.05, 4.69) is 15.6 Å². The Hall–Kier alpha value is -2.72. The van der Waals surface area contributed by atoms with Crippen molar-refractivity contribution < 1.29 is 13.3 Å². The van der Waals surface area contributed by atoms with E-state index >= 15 is 0 Å². The lowest BCUT2D eigenvalue weighted by Crippen LogP contribution is -2.15. The molecule has 2 rings (SSSR count). The van der Waals surface area contributed by atoms with Crippen molar-refractivity contribution in [3.05, 3.63) is 46.6 Å². The van der Waals surface area contributed by atoms with Crippen LogP contribution in [-0.4, -0.2) is 25.4 Å². The Labute approximate surface area is 126 Å². The number of nitrogens with two attached hydrogens (primary N) is 1. The summed E-state index contributed by atoms with van der Waals surface area (Å²) < 4.78 is 22.9. The molecule has 0 saturated carbocycles. The number of aromatic nitrogens is 1. The van der Waals surface area contributed by atoms with Crippen LogP contribution >= 0.6 is 0 Å². The minimum atomic E-state index is -4.21. The summed E-state index contributed by atoms with van der Waals surface area (Å²) in [5.74, 6) is 0.623. The van der Waals surface area contributed by atoms with Crippen LogP contribution in [0.5, 0.6) is 0 Å². The Morgan fingerprint density at radius 3 is 2.50 bits per heavy atom. The lowest BCUT2D eigenvalue weighted by Gasteiger charge is -2.09. The summed E-state index contributed by atoms with van der Waals surface area (Å²) in [6, 6.07) is 7.15. The van der Waals surface area contributed by atoms with Gasteiger partial charge in [0.1, 0.15) is 11.5 Å². The number of nitro groups is 1. The minimum Gasteiger partial charge on any atom is -0.373 e. The molecule has 2 aromatic rings. The van der Waals surface area contributed by atoms with Gasteiger partial charge in [-0.2, -0.15) is 0 Å². The largest absolute Gasteiger partial charge is 0.373 e. The Kier molecular flexibility index (Phi) is 4.24. The summed E-state index contributed by atoms with van der Waals surface area (Å²) in [4.78, 5) is 13.9. The van der Waals surface area contributed by atoms with E-state index in [-0.39, 0.29) is 5.69 Å². The maximum atomic E-state index is 11.5. The monoisotopic (exact) mass is 323 g/mol. The summed E-state index contributed by atoms with van der Waals surface area (Å²) >= 11 is 0. The first-order valence-electron chi connectivity index (χ1n) is 6.04. The van der Waals surface area contributed by atoms with Gasteiger partial charge >= 0.3 is 5.69 Å². The zero-order valence-corrected chi connectivity index (χ0v) is 12.3. The highest BCUT2D eigenvalue weighted by Gasteiger charge is 2.26. The van der Waals surface area contributed by atoms with Crippen LogP contribution in [0.2, 0.25) is 0 Å². The molecule has 1 aromatic carbocycles. The van der Waals surface area contributed by atoms with Crippen LogP contribution in [0.1, 0.15) is 0 Å². The first-order valence-corrected chi connectivity index (χ1v) is 7.58. The van der Waals surface area contributed by atoms with E-state index in [4.69, 9.17) is 5.14 Å². The molecular weight excluding hydrogens is 310 g/mol. The van der Waals surface area contributed by atoms with Crippen molar-refractivity contribution in [1.82, 2.24) is 4.98 Å². The molecule has 1 heterocycles. The van der Waals surface area contributed by atoms with E-state index in [9.17, 15) is 18.5 Å². The van der Waals surface area contributed by atoms with Crippen molar-refractivity contribution in [2.45, 2.75) is 4.90 Å². The zero-order chi connectivity index (χ0) is 16.3. The molecule has 4 N–H and O–H groups in total. The fourth-order valence-corrected chi connectivity index (χ4v) is 2.53. The lowest BCUT2D eigenvalue weighted by atomic mass is 10.2. The van der Waals surface area contributed by atoms with Crippen molar-refractivity contribution in [2.75, 3.05) is 17.7 Å². The van der Waals surface area contributed by atoms with Gasteiger partial charge in [-0.15, -0.1) is 0 Å². The van der Waals surface area contributed by atoms with Gasteiger partial charge in [0, 0.05) is 7.05 Å². The minimum absolute atomic E-state index is 0.00975. The van der Waals surface area contributed by atoms with Gasteiger partial charge in [0.15, 0.2) is 4.90 Å². The third-order valence-corrected chi connectivity index (χ3v) is 3.73. The van der Waals surface area contributed by atoms with Crippen molar-refractivity contribution in [1.29, 1.82) is 0 Å². The number of pyridine rings is 1. The predicted octanol–water partition coefficient (Wildman–Crippen LogP) is 1.42. The molecule has 10 heteroatoms. The quantitative estimate of drug-likeness (QED) is 0.558. The van der Waals surface area contributed by atoms with Gasteiger partial charge in [-0.05, 0) is 24.3 Å². The highest BCUT2D eigenvalue weighted by Crippen LogP contribution is 2.33. The zero-order valence-electron chi connectivity index (χ0n) is 11.5. The molecule has 116 valence electrons. The number of nitrogens with one attached hydrogen (secondary N) is 2. The molecular formula is C12H13N5O4S. The second kappa shape index (κ2) is 5.95. The van der Waals surface area contributed by atoms with Crippen LogP contribution in [-0.2, 0) is 10.0 Å². The molecule has 0 atom stereocenters. The highest BCUT2D eigenvalue weighted by atomic mass is 32.2. The van der Waals surface area contributed by atoms with Crippen LogP contribution in [0.3, 0.4) is 0 Å². The van der Waals surface area contributed by atoms with Crippen LogP contribution in [0.15, 0.2) is 41.4 Å². The van der Waals surface area contributed by atoms with E-state index in [1.165, 1.54) is 18.3 Å². The Balaban J connectivity index is 2.48. The van der Waals surface area contributed by atoms with E-state index in [1.807, 2.05) is 0 Å². The summed E-state index contributed by atoms with van der Waals surface area (Å²) in [5, 5.41) is 21.8. The number of nitrogens with zero attached hydrogens (tertiary/aromatic N) is 2. The van der Waals surface area contributed by atoms with Gasteiger partial charge in [0.05, 0.1) is 16.8 Å². The number of anilines is 3. The number of hydrogen-bond donors (Lipinski definition) is 3. The number of para-hydroxylation sites is 1. The summed E-state index contributed by atoms with van der Waals surface area (Å²) in [6.07, 6.45) is 1.46. The molecule has 0 spiro atoms. The van der Waals surface area contributed by atoms with Crippen molar-refractivity contribution in [3.8, 4) is 0 Å². The smallest absolute Gasteiger partial charge is 0.312 e. The number of primary sulfonamides is 1. The fourth-order valence-electron chi connectivity index (χ4n) is 1.81. The predicted molar refractivity (Wildman–Crippen MR) is 81.5 cm³/mol. The average molecular weight is 323 g/mol. The third kappa shape index (κ3) is 3.30. The standard InChI is InChI=1S/C12H13N5O4S/c1-14-11-6-5-8(7-15-11)16-9-3-2-4-10(22(13,20)21)12(9)17(18)19/h2-7,16H,1H3,(H,14,15)(H2,13,20,21). The van der Waals surface area contributed by atoms with E-state index in [1.54, 1.807) is 19.2 Å². The number of rotatable bonds is 5. The summed E-state index contributed by atoms with van der Waals surface area (Å²) in [6.45, 7) is 0. The lowest BCUT2D eigenvalue weighted by molar-refractivity contribution is -0.386. The van der Waals surface area contributed by atoms with Crippen LogP contribution in [0, 0.1) is 10.1 Å². The van der Waals surface area contributed by atoms with Crippen molar-refractivity contribution in [3.63, 3.8) is 0 Å². The topological polar surface area (TPSA) is 140 Å². The maximum Gasteiger partial charge on any atom is 0.312 e. The van der Waals surface area contributed by atoms with E-state index in [0.29, 0.717) is 11.5 Å². The normalized spacial score (nSPS) is 11.0. The molecule has 0 aliphatic rings. The highest BCUT2D eigenvalue weighted by molar-refractivity contribution is 7.89. The number of hydrogen-bond acceptors (Lipinski definition) is 7. The van der Waals surface area contributed by atoms with E-state index < -0.39 is 25.5 Å². The molecule has 0 unspecified atom stereocenters. The molecule has 0 aliphatic carbocycles. The Bertz CT molecular complexity index is 805. The molecule has 0 radical (unpaired) electrons. The average Bonchev–Trinajstić information content (AvgIpc) is 2.46. The van der Waals surface area contributed by atoms with Gasteiger partial charge in [-0.1, -0.05) is 6.07 Å². The molecule has 22 heavy (non-hydrogen) atoms. The number of benzene rings is 1. The first-order chi connectivity index (χ1) is 10.3. The molecule has 1 aromatic heterocycles. The molecule has 0 amide bonds. The van der Waals surface area contributed by atoms with Crippen molar-refractivity contribution in [2.24, 2.45) is 5.14 Å². The van der Waals surface area contributed by atoms with E-state index in [0.717, 1.165) is 6.07 Å². The van der Waals surface area contributed by atoms with Crippen LogP contribution in [0.25, 0.3) is 0 Å². The number of sulfonamides is 1. The second-order valence-electron chi connectivity index (χ2n) is 4.26. The summed E-state index contributed by atoms with van der Waals surface area (Å²) in [5.41, 5.74) is -0.133. The van der Waals surface area contributed by atoms with Gasteiger partial charge in [-0.25, -0.2) is 18.5 Å². The van der Waals surface area contributed by atoms with Gasteiger partial charge in [0.2, 0.25) is 10.0 Å². The SMILES string of the molecule is CNc1ccc(Nc2cccc(S(N)(=O)=O)c2[N+](=O)[O-])cn1. The van der Waals surface area contributed by atoms with Gasteiger partial charge in [-0.3, -0.25) is 10.1 Å². The van der Waals surface area contributed by atoms with Gasteiger partial charge < -0.3 is 10.6 Å². The summed E-state index contributed by atoms with van der Waals surface area (Å²) in [7, 11) is -2.51. The second-order valence-corrected chi connectivity index (χ2v) is 5.79. The van der Waals surface area contributed by atoms with Crippen LogP contribution < -0.4 is 15.8 Å². The fraction of sp³-hybridized carbons (Fsp3) is 0.0833. The van der Waals surface area contributed by atoms with Crippen LogP contribution in [0.4, 0.5) is 22.9 Å². The molecule has 0 saturated heterocycles. The number of nitro benzene ring substituents is 1. The third-order valence-electron chi connectivity index (χ3n) is 2.79. The molecule has 0 bridgehead atoms. The Morgan fingerprint density at radius 2 is 2.00 bits per heavy atom. The Morgan fingerprint density at radius 1 is 1.27 bits per heavy atom. The van der Waals surface area contributed by atoms with Crippen molar-refractivity contribution >= 4 is 32.9 Å². The maximum absolute atomic E-state index is 11.5. The molecule has 0 aliphatic heterocycles. The molecule has 0 fully saturated rings. The first kappa shape index (κ1) is 15.7.